The molecule has 5 heteroatoms. The van der Waals surface area contributed by atoms with Gasteiger partial charge in [0.05, 0.1) is 7.11 Å². The van der Waals surface area contributed by atoms with Crippen LogP contribution in [0.3, 0.4) is 0 Å². The average molecular weight is 223 g/mol. The number of carbonyl (C=O) groups excluding carboxylic acids is 2. The highest BCUT2D eigenvalue weighted by Crippen LogP contribution is 2.18. The van der Waals surface area contributed by atoms with Gasteiger partial charge < -0.3 is 15.2 Å². The van der Waals surface area contributed by atoms with E-state index in [1.807, 2.05) is 0 Å². The molecule has 0 aromatic heterocycles. The van der Waals surface area contributed by atoms with Gasteiger partial charge in [0.1, 0.15) is 0 Å². The quantitative estimate of drug-likeness (QED) is 0.745. The van der Waals surface area contributed by atoms with Gasteiger partial charge >= 0.3 is 5.97 Å². The molecule has 0 radical (unpaired) electrons. The first-order valence-electron chi connectivity index (χ1n) is 4.68. The van der Waals surface area contributed by atoms with Gasteiger partial charge in [0.15, 0.2) is 6.10 Å². The number of aliphatic hydroxyl groups is 1. The molecule has 16 heavy (non-hydrogen) atoms. The average Bonchev–Trinajstić information content (AvgIpc) is 2.26. The van der Waals surface area contributed by atoms with Gasteiger partial charge in [0, 0.05) is 12.6 Å². The summed E-state index contributed by atoms with van der Waals surface area (Å²) in [5, 5.41) is 12.1. The fourth-order valence-corrected chi connectivity index (χ4v) is 1.24. The van der Waals surface area contributed by atoms with Crippen molar-refractivity contribution in [3.05, 3.63) is 29.8 Å². The molecule has 0 saturated carbocycles. The lowest BCUT2D eigenvalue weighted by Crippen LogP contribution is -2.14. The third-order valence-corrected chi connectivity index (χ3v) is 1.95. The lowest BCUT2D eigenvalue weighted by Gasteiger charge is -2.10. The predicted molar refractivity (Wildman–Crippen MR) is 57.7 cm³/mol. The SMILES string of the molecule is COC(=O)C(O)c1cccc(NC(C)=O)c1. The number of hydrogen-bond donors (Lipinski definition) is 2. The smallest absolute Gasteiger partial charge is 0.339 e. The maximum atomic E-state index is 11.1. The molecule has 86 valence electrons. The summed E-state index contributed by atoms with van der Waals surface area (Å²) in [4.78, 5) is 21.9. The molecule has 2 N–H and O–H groups in total. The topological polar surface area (TPSA) is 75.6 Å². The van der Waals surface area contributed by atoms with Crippen LogP contribution in [0.25, 0.3) is 0 Å². The van der Waals surface area contributed by atoms with Gasteiger partial charge in [-0.15, -0.1) is 0 Å². The minimum Gasteiger partial charge on any atom is -0.467 e. The van der Waals surface area contributed by atoms with E-state index in [-0.39, 0.29) is 5.91 Å². The summed E-state index contributed by atoms with van der Waals surface area (Å²) in [7, 11) is 1.20. The van der Waals surface area contributed by atoms with Gasteiger partial charge in [-0.3, -0.25) is 4.79 Å². The van der Waals surface area contributed by atoms with Crippen LogP contribution in [0.4, 0.5) is 5.69 Å². The second-order valence-electron chi connectivity index (χ2n) is 3.23. The zero-order valence-electron chi connectivity index (χ0n) is 9.06. The Balaban J connectivity index is 2.89. The first kappa shape index (κ1) is 12.2. The Hall–Kier alpha value is -1.88. The lowest BCUT2D eigenvalue weighted by molar-refractivity contribution is -0.150. The van der Waals surface area contributed by atoms with Gasteiger partial charge in [0.2, 0.25) is 5.91 Å². The van der Waals surface area contributed by atoms with E-state index < -0.39 is 12.1 Å². The fraction of sp³-hybridized carbons (Fsp3) is 0.273. The van der Waals surface area contributed by atoms with Crippen molar-refractivity contribution in [2.45, 2.75) is 13.0 Å². The lowest BCUT2D eigenvalue weighted by atomic mass is 10.1. The van der Waals surface area contributed by atoms with Gasteiger partial charge in [-0.1, -0.05) is 12.1 Å². The Morgan fingerprint density at radius 2 is 2.12 bits per heavy atom. The molecule has 0 bridgehead atoms. The molecule has 1 unspecified atom stereocenters. The van der Waals surface area contributed by atoms with Crippen LogP contribution in [0.1, 0.15) is 18.6 Å². The molecule has 0 aliphatic carbocycles. The number of benzene rings is 1. The molecule has 0 aliphatic heterocycles. The molecular formula is C11H13NO4. The molecule has 1 aromatic carbocycles. The van der Waals surface area contributed by atoms with Crippen molar-refractivity contribution in [1.29, 1.82) is 0 Å². The van der Waals surface area contributed by atoms with Crippen LogP contribution in [-0.4, -0.2) is 24.1 Å². The second kappa shape index (κ2) is 5.27. The molecule has 1 rings (SSSR count). The van der Waals surface area contributed by atoms with Crippen LogP contribution in [0.5, 0.6) is 0 Å². The molecule has 0 saturated heterocycles. The van der Waals surface area contributed by atoms with E-state index in [4.69, 9.17) is 0 Å². The Bertz CT molecular complexity index is 403. The van der Waals surface area contributed by atoms with E-state index in [9.17, 15) is 14.7 Å². The number of carbonyl (C=O) groups is 2. The largest absolute Gasteiger partial charge is 0.467 e. The summed E-state index contributed by atoms with van der Waals surface area (Å²) < 4.78 is 4.41. The summed E-state index contributed by atoms with van der Waals surface area (Å²) in [6.07, 6.45) is -1.33. The van der Waals surface area contributed by atoms with E-state index in [2.05, 4.69) is 10.1 Å². The summed E-state index contributed by atoms with van der Waals surface area (Å²) in [5.41, 5.74) is 0.894. The van der Waals surface area contributed by atoms with Crippen molar-refractivity contribution in [2.24, 2.45) is 0 Å². The number of rotatable bonds is 3. The highest BCUT2D eigenvalue weighted by atomic mass is 16.5. The van der Waals surface area contributed by atoms with Crippen LogP contribution >= 0.6 is 0 Å². The Kier molecular flexibility index (Phi) is 4.02. The van der Waals surface area contributed by atoms with Gasteiger partial charge in [0.25, 0.3) is 0 Å². The molecular weight excluding hydrogens is 210 g/mol. The fourth-order valence-electron chi connectivity index (χ4n) is 1.24. The van der Waals surface area contributed by atoms with Gasteiger partial charge in [-0.25, -0.2) is 4.79 Å². The number of nitrogens with one attached hydrogen (secondary N) is 1. The first-order chi connectivity index (χ1) is 7.54. The van der Waals surface area contributed by atoms with Crippen LogP contribution in [-0.2, 0) is 14.3 Å². The van der Waals surface area contributed by atoms with Crippen molar-refractivity contribution < 1.29 is 19.4 Å². The molecule has 0 spiro atoms. The van der Waals surface area contributed by atoms with Crippen molar-refractivity contribution >= 4 is 17.6 Å². The van der Waals surface area contributed by atoms with Crippen LogP contribution in [0, 0.1) is 0 Å². The number of methoxy groups -OCH3 is 1. The van der Waals surface area contributed by atoms with E-state index in [1.54, 1.807) is 18.2 Å². The van der Waals surface area contributed by atoms with Crippen LogP contribution in [0.15, 0.2) is 24.3 Å². The summed E-state index contributed by atoms with van der Waals surface area (Å²) in [6.45, 7) is 1.38. The molecule has 0 aliphatic rings. The molecule has 1 amide bonds. The maximum Gasteiger partial charge on any atom is 0.339 e. The van der Waals surface area contributed by atoms with Crippen molar-refractivity contribution in [3.8, 4) is 0 Å². The van der Waals surface area contributed by atoms with E-state index in [0.29, 0.717) is 11.3 Å². The summed E-state index contributed by atoms with van der Waals surface area (Å²) in [6, 6.07) is 6.39. The summed E-state index contributed by atoms with van der Waals surface area (Å²) >= 11 is 0. The number of hydrogen-bond acceptors (Lipinski definition) is 4. The number of ether oxygens (including phenoxy) is 1. The number of esters is 1. The molecule has 5 nitrogen and oxygen atoms in total. The van der Waals surface area contributed by atoms with Gasteiger partial charge in [-0.05, 0) is 17.7 Å². The molecule has 0 fully saturated rings. The maximum absolute atomic E-state index is 11.1. The van der Waals surface area contributed by atoms with Crippen LogP contribution < -0.4 is 5.32 Å². The Morgan fingerprint density at radius 1 is 1.44 bits per heavy atom. The normalized spacial score (nSPS) is 11.7. The predicted octanol–water partition coefficient (Wildman–Crippen LogP) is 0.851. The van der Waals surface area contributed by atoms with Crippen LogP contribution in [0.2, 0.25) is 0 Å². The van der Waals surface area contributed by atoms with E-state index in [1.165, 1.54) is 20.1 Å². The van der Waals surface area contributed by atoms with E-state index >= 15 is 0 Å². The highest BCUT2D eigenvalue weighted by molar-refractivity contribution is 5.89. The van der Waals surface area contributed by atoms with Crippen molar-refractivity contribution in [2.75, 3.05) is 12.4 Å². The number of aliphatic hydroxyl groups excluding tert-OH is 1. The molecule has 1 atom stereocenters. The monoisotopic (exact) mass is 223 g/mol. The third kappa shape index (κ3) is 3.06. The number of anilines is 1. The molecule has 0 heterocycles. The Morgan fingerprint density at radius 3 is 2.69 bits per heavy atom. The highest BCUT2D eigenvalue weighted by Gasteiger charge is 2.17. The minimum atomic E-state index is -1.33. The van der Waals surface area contributed by atoms with E-state index in [0.717, 1.165) is 0 Å². The third-order valence-electron chi connectivity index (χ3n) is 1.95. The minimum absolute atomic E-state index is 0.218. The van der Waals surface area contributed by atoms with Crippen molar-refractivity contribution in [1.82, 2.24) is 0 Å². The second-order valence-corrected chi connectivity index (χ2v) is 3.23. The standard InChI is InChI=1S/C11H13NO4/c1-7(13)12-9-5-3-4-8(6-9)10(14)11(15)16-2/h3-6,10,14H,1-2H3,(H,12,13). The zero-order chi connectivity index (χ0) is 12.1. The Labute approximate surface area is 93.0 Å². The zero-order valence-corrected chi connectivity index (χ0v) is 9.06. The van der Waals surface area contributed by atoms with Gasteiger partial charge in [-0.2, -0.15) is 0 Å². The first-order valence-corrected chi connectivity index (χ1v) is 4.68. The summed E-state index contributed by atoms with van der Waals surface area (Å²) in [5.74, 6) is -0.954. The molecule has 1 aromatic rings. The number of amides is 1. The van der Waals surface area contributed by atoms with Crippen molar-refractivity contribution in [3.63, 3.8) is 0 Å².